The van der Waals surface area contributed by atoms with Crippen LogP contribution < -0.4 is 10.6 Å². The quantitative estimate of drug-likeness (QED) is 0.173. The number of carbonyl (C=O) groups is 5. The normalized spacial score (nSPS) is 12.3. The predicted octanol–water partition coefficient (Wildman–Crippen LogP) is 5.77. The van der Waals surface area contributed by atoms with Gasteiger partial charge in [0.2, 0.25) is 5.91 Å². The summed E-state index contributed by atoms with van der Waals surface area (Å²) in [6.45, 7) is 6.10. The Morgan fingerprint density at radius 3 is 1.86 bits per heavy atom. The van der Waals surface area contributed by atoms with E-state index in [1.54, 1.807) is 45.0 Å². The molecular formula is C33H42N2O7. The van der Waals surface area contributed by atoms with Crippen molar-refractivity contribution in [2.45, 2.75) is 84.2 Å². The molecule has 2 aromatic rings. The van der Waals surface area contributed by atoms with Crippen LogP contribution in [0.3, 0.4) is 0 Å². The van der Waals surface area contributed by atoms with Crippen molar-refractivity contribution in [3.63, 3.8) is 0 Å². The smallest absolute Gasteiger partial charge is 0.408 e. The number of esters is 1. The molecular weight excluding hydrogens is 536 g/mol. The highest BCUT2D eigenvalue weighted by Gasteiger charge is 2.30. The molecule has 0 spiro atoms. The monoisotopic (exact) mass is 578 g/mol. The average molecular weight is 579 g/mol. The molecule has 0 radical (unpaired) electrons. The summed E-state index contributed by atoms with van der Waals surface area (Å²) in [5.41, 5.74) is 0.972. The summed E-state index contributed by atoms with van der Waals surface area (Å²) in [4.78, 5) is 61.5. The van der Waals surface area contributed by atoms with Crippen molar-refractivity contribution in [2.24, 2.45) is 0 Å². The first kappa shape index (κ1) is 32.5. The molecule has 0 heterocycles. The second-order valence-electron chi connectivity index (χ2n) is 11.5. The van der Waals surface area contributed by atoms with E-state index in [4.69, 9.17) is 9.47 Å². The largest absolute Gasteiger partial charge is 0.462 e. The number of hydrogen-bond acceptors (Lipinski definition) is 7. The zero-order valence-electron chi connectivity index (χ0n) is 24.9. The first-order valence-corrected chi connectivity index (χ1v) is 14.8. The number of carbonyl (C=O) groups excluding carboxylic acids is 5. The Morgan fingerprint density at radius 2 is 1.24 bits per heavy atom. The number of hydrogen-bond donors (Lipinski definition) is 2. The first-order valence-electron chi connectivity index (χ1n) is 14.8. The standard InChI is InChI=1S/C33H42N2O7/c1-33(2,3)42-32(40)35-22-28(36)34-19-13-9-7-5-4-6-8-10-14-20-41-31(39)23-17-18-26-27(21-23)30(38)25-16-12-11-15-24(25)29(26)37/h11-12,15-18,21H,4-10,13-14,19-20,22H2,1-3H3,(H,34,36)(H,35,40). The molecule has 0 unspecified atom stereocenters. The minimum Gasteiger partial charge on any atom is -0.462 e. The third-order valence-electron chi connectivity index (χ3n) is 6.83. The van der Waals surface area contributed by atoms with Crippen LogP contribution in [0.4, 0.5) is 4.79 Å². The minimum atomic E-state index is -0.603. The van der Waals surface area contributed by atoms with E-state index in [2.05, 4.69) is 10.6 Å². The van der Waals surface area contributed by atoms with Crippen LogP contribution in [0, 0.1) is 0 Å². The van der Waals surface area contributed by atoms with Crippen LogP contribution in [0.15, 0.2) is 42.5 Å². The van der Waals surface area contributed by atoms with Gasteiger partial charge in [-0.05, 0) is 51.8 Å². The van der Waals surface area contributed by atoms with E-state index in [0.29, 0.717) is 29.8 Å². The van der Waals surface area contributed by atoms with E-state index in [9.17, 15) is 24.0 Å². The predicted molar refractivity (Wildman–Crippen MR) is 159 cm³/mol. The number of unbranched alkanes of at least 4 members (excludes halogenated alkanes) is 8. The number of ether oxygens (including phenoxy) is 2. The topological polar surface area (TPSA) is 128 Å². The zero-order chi connectivity index (χ0) is 30.5. The van der Waals surface area contributed by atoms with Gasteiger partial charge < -0.3 is 20.1 Å². The van der Waals surface area contributed by atoms with Crippen molar-refractivity contribution in [3.05, 3.63) is 70.3 Å². The molecule has 2 N–H and O–H groups in total. The molecule has 3 rings (SSSR count). The van der Waals surface area contributed by atoms with Crippen molar-refractivity contribution < 1.29 is 33.4 Å². The number of ketones is 2. The van der Waals surface area contributed by atoms with Gasteiger partial charge in [0.25, 0.3) is 0 Å². The molecule has 0 aliphatic heterocycles. The van der Waals surface area contributed by atoms with Crippen molar-refractivity contribution in [1.29, 1.82) is 0 Å². The average Bonchev–Trinajstić information content (AvgIpc) is 2.96. The molecule has 9 nitrogen and oxygen atoms in total. The van der Waals surface area contributed by atoms with Gasteiger partial charge >= 0.3 is 12.1 Å². The molecule has 1 aliphatic carbocycles. The highest BCUT2D eigenvalue weighted by Crippen LogP contribution is 2.28. The van der Waals surface area contributed by atoms with Crippen LogP contribution >= 0.6 is 0 Å². The van der Waals surface area contributed by atoms with Crippen LogP contribution in [0.25, 0.3) is 0 Å². The van der Waals surface area contributed by atoms with Crippen molar-refractivity contribution in [2.75, 3.05) is 19.7 Å². The number of amides is 2. The summed E-state index contributed by atoms with van der Waals surface area (Å²) in [5.74, 6) is -1.19. The fourth-order valence-corrected chi connectivity index (χ4v) is 4.70. The lowest BCUT2D eigenvalue weighted by Gasteiger charge is -2.19. The van der Waals surface area contributed by atoms with Crippen LogP contribution in [-0.4, -0.2) is 54.8 Å². The Kier molecular flexibility index (Phi) is 12.3. The van der Waals surface area contributed by atoms with Crippen LogP contribution in [0.2, 0.25) is 0 Å². The van der Waals surface area contributed by atoms with Crippen LogP contribution in [-0.2, 0) is 14.3 Å². The zero-order valence-corrected chi connectivity index (χ0v) is 24.9. The van der Waals surface area contributed by atoms with Gasteiger partial charge in [0.05, 0.1) is 18.7 Å². The number of rotatable bonds is 15. The van der Waals surface area contributed by atoms with E-state index in [0.717, 1.165) is 57.8 Å². The summed E-state index contributed by atoms with van der Waals surface area (Å²) >= 11 is 0. The van der Waals surface area contributed by atoms with Crippen molar-refractivity contribution >= 4 is 29.5 Å². The van der Waals surface area contributed by atoms with Crippen molar-refractivity contribution in [3.8, 4) is 0 Å². The maximum atomic E-state index is 12.9. The van der Waals surface area contributed by atoms with Gasteiger partial charge in [-0.25, -0.2) is 9.59 Å². The summed E-state index contributed by atoms with van der Waals surface area (Å²) in [5, 5.41) is 5.24. The minimum absolute atomic E-state index is 0.0965. The molecule has 0 saturated heterocycles. The summed E-state index contributed by atoms with van der Waals surface area (Å²) in [6.07, 6.45) is 8.60. The third-order valence-corrected chi connectivity index (χ3v) is 6.83. The van der Waals surface area contributed by atoms with E-state index >= 15 is 0 Å². The summed E-state index contributed by atoms with van der Waals surface area (Å²) < 4.78 is 10.5. The lowest BCUT2D eigenvalue weighted by atomic mass is 9.83. The third kappa shape index (κ3) is 10.1. The van der Waals surface area contributed by atoms with Gasteiger partial charge in [-0.1, -0.05) is 69.2 Å². The molecule has 226 valence electrons. The summed E-state index contributed by atoms with van der Waals surface area (Å²) in [7, 11) is 0. The number of nitrogens with one attached hydrogen (secondary N) is 2. The number of alkyl carbamates (subject to hydrolysis) is 1. The molecule has 9 heteroatoms. The van der Waals surface area contributed by atoms with Gasteiger partial charge in [0, 0.05) is 28.8 Å². The highest BCUT2D eigenvalue weighted by atomic mass is 16.6. The second kappa shape index (κ2) is 15.8. The molecule has 42 heavy (non-hydrogen) atoms. The van der Waals surface area contributed by atoms with Gasteiger partial charge in [0.15, 0.2) is 11.6 Å². The van der Waals surface area contributed by atoms with Gasteiger partial charge in [0.1, 0.15) is 5.60 Å². The lowest BCUT2D eigenvalue weighted by Crippen LogP contribution is -2.39. The Balaban J connectivity index is 1.19. The maximum Gasteiger partial charge on any atom is 0.408 e. The van der Waals surface area contributed by atoms with Crippen LogP contribution in [0.1, 0.15) is 121 Å². The number of benzene rings is 2. The van der Waals surface area contributed by atoms with Gasteiger partial charge in [-0.15, -0.1) is 0 Å². The lowest BCUT2D eigenvalue weighted by molar-refractivity contribution is -0.120. The van der Waals surface area contributed by atoms with E-state index in [-0.39, 0.29) is 35.1 Å². The van der Waals surface area contributed by atoms with Crippen LogP contribution in [0.5, 0.6) is 0 Å². The Labute approximate surface area is 247 Å². The number of fused-ring (bicyclic) bond motifs is 2. The fourth-order valence-electron chi connectivity index (χ4n) is 4.70. The molecule has 2 amide bonds. The molecule has 0 bridgehead atoms. The molecule has 0 atom stereocenters. The maximum absolute atomic E-state index is 12.9. The Hall–Kier alpha value is -4.01. The van der Waals surface area contributed by atoms with Gasteiger partial charge in [-0.2, -0.15) is 0 Å². The Bertz CT molecular complexity index is 1280. The van der Waals surface area contributed by atoms with E-state index in [1.165, 1.54) is 18.2 Å². The molecule has 1 aliphatic rings. The second-order valence-corrected chi connectivity index (χ2v) is 11.5. The molecule has 0 saturated carbocycles. The van der Waals surface area contributed by atoms with E-state index in [1.807, 2.05) is 0 Å². The highest BCUT2D eigenvalue weighted by molar-refractivity contribution is 6.28. The summed E-state index contributed by atoms with van der Waals surface area (Å²) in [6, 6.07) is 11.3. The fraction of sp³-hybridized carbons (Fsp3) is 0.485. The SMILES string of the molecule is CC(C)(C)OC(=O)NCC(=O)NCCCCCCCCCCCOC(=O)c1ccc2c(c1)C(=O)c1ccccc1C2=O. The van der Waals surface area contributed by atoms with Gasteiger partial charge in [-0.3, -0.25) is 14.4 Å². The Morgan fingerprint density at radius 1 is 0.690 bits per heavy atom. The van der Waals surface area contributed by atoms with Crippen molar-refractivity contribution in [1.82, 2.24) is 10.6 Å². The molecule has 0 aromatic heterocycles. The molecule has 2 aromatic carbocycles. The van der Waals surface area contributed by atoms with E-state index < -0.39 is 17.7 Å². The first-order chi connectivity index (χ1) is 20.1. The molecule has 0 fully saturated rings.